The van der Waals surface area contributed by atoms with Gasteiger partial charge in [0.1, 0.15) is 0 Å². The lowest BCUT2D eigenvalue weighted by Crippen LogP contribution is -2.63. The summed E-state index contributed by atoms with van der Waals surface area (Å²) in [5.41, 5.74) is 6.61. The lowest BCUT2D eigenvalue weighted by Gasteiger charge is -2.53. The molecule has 0 aromatic carbocycles. The minimum atomic E-state index is 0.201. The third-order valence-electron chi connectivity index (χ3n) is 5.27. The van der Waals surface area contributed by atoms with E-state index in [1.54, 1.807) is 0 Å². The zero-order valence-corrected chi connectivity index (χ0v) is 14.0. The largest absolute Gasteiger partial charge is 0.329 e. The third-order valence-corrected chi connectivity index (χ3v) is 5.27. The summed E-state index contributed by atoms with van der Waals surface area (Å²) < 4.78 is 0. The van der Waals surface area contributed by atoms with Gasteiger partial charge in [-0.2, -0.15) is 0 Å². The number of rotatable bonds is 6. The molecule has 1 saturated heterocycles. The van der Waals surface area contributed by atoms with E-state index in [1.807, 2.05) is 0 Å². The van der Waals surface area contributed by atoms with Crippen molar-refractivity contribution in [1.82, 2.24) is 9.80 Å². The average molecular weight is 269 g/mol. The SMILES string of the molecule is CCC(C)(C)N(C)C1(CN)CCN(CC(C)C)CC1. The van der Waals surface area contributed by atoms with Crippen LogP contribution in [0, 0.1) is 5.92 Å². The van der Waals surface area contributed by atoms with Crippen LogP contribution in [0.3, 0.4) is 0 Å². The van der Waals surface area contributed by atoms with Crippen molar-refractivity contribution in [3.63, 3.8) is 0 Å². The summed E-state index contributed by atoms with van der Waals surface area (Å²) >= 11 is 0. The van der Waals surface area contributed by atoms with Crippen LogP contribution in [0.15, 0.2) is 0 Å². The minimum absolute atomic E-state index is 0.201. The predicted molar refractivity (Wildman–Crippen MR) is 84.4 cm³/mol. The number of nitrogens with two attached hydrogens (primary N) is 1. The van der Waals surface area contributed by atoms with Crippen molar-refractivity contribution < 1.29 is 0 Å². The standard InChI is InChI=1S/C16H35N3/c1-7-15(4,5)18(6)16(13-17)8-10-19(11-9-16)12-14(2)3/h14H,7-13,17H2,1-6H3. The van der Waals surface area contributed by atoms with Gasteiger partial charge in [-0.05, 0) is 59.2 Å². The molecule has 0 bridgehead atoms. The fourth-order valence-electron chi connectivity index (χ4n) is 3.22. The van der Waals surface area contributed by atoms with Gasteiger partial charge in [-0.25, -0.2) is 0 Å². The number of piperidine rings is 1. The number of hydrogen-bond donors (Lipinski definition) is 1. The van der Waals surface area contributed by atoms with Crippen LogP contribution >= 0.6 is 0 Å². The maximum atomic E-state index is 6.18. The van der Waals surface area contributed by atoms with Crippen LogP contribution in [0.5, 0.6) is 0 Å². The Hall–Kier alpha value is -0.120. The van der Waals surface area contributed by atoms with Gasteiger partial charge < -0.3 is 10.6 Å². The van der Waals surface area contributed by atoms with Crippen LogP contribution in [-0.4, -0.2) is 54.1 Å². The predicted octanol–water partition coefficient (Wildman–Crippen LogP) is 2.56. The van der Waals surface area contributed by atoms with Gasteiger partial charge in [0.15, 0.2) is 0 Å². The normalized spacial score (nSPS) is 21.3. The highest BCUT2D eigenvalue weighted by Gasteiger charge is 2.42. The first-order valence-electron chi connectivity index (χ1n) is 7.94. The monoisotopic (exact) mass is 269 g/mol. The molecule has 1 heterocycles. The molecule has 0 amide bonds. The molecule has 1 aliphatic heterocycles. The third kappa shape index (κ3) is 3.93. The van der Waals surface area contributed by atoms with Crippen molar-refractivity contribution in [3.8, 4) is 0 Å². The first-order chi connectivity index (χ1) is 8.77. The molecule has 0 saturated carbocycles. The molecule has 0 aromatic heterocycles. The Morgan fingerprint density at radius 1 is 1.26 bits per heavy atom. The highest BCUT2D eigenvalue weighted by molar-refractivity contribution is 4.99. The molecule has 0 radical (unpaired) electrons. The maximum absolute atomic E-state index is 6.18. The second-order valence-electron chi connectivity index (χ2n) is 7.35. The Kier molecular flexibility index (Phi) is 5.84. The van der Waals surface area contributed by atoms with Gasteiger partial charge in [0, 0.05) is 24.2 Å². The molecular weight excluding hydrogens is 234 g/mol. The van der Waals surface area contributed by atoms with E-state index in [0.717, 1.165) is 12.5 Å². The summed E-state index contributed by atoms with van der Waals surface area (Å²) in [7, 11) is 2.27. The molecule has 0 aromatic rings. The summed E-state index contributed by atoms with van der Waals surface area (Å²) in [6, 6.07) is 0. The Morgan fingerprint density at radius 2 is 1.79 bits per heavy atom. The quantitative estimate of drug-likeness (QED) is 0.804. The van der Waals surface area contributed by atoms with Gasteiger partial charge in [0.2, 0.25) is 0 Å². The van der Waals surface area contributed by atoms with E-state index in [0.29, 0.717) is 0 Å². The Labute approximate surface area is 120 Å². The van der Waals surface area contributed by atoms with Crippen LogP contribution in [-0.2, 0) is 0 Å². The van der Waals surface area contributed by atoms with Crippen LogP contribution in [0.1, 0.15) is 53.9 Å². The second kappa shape index (κ2) is 6.55. The molecular formula is C16H35N3. The highest BCUT2D eigenvalue weighted by Crippen LogP contribution is 2.33. The average Bonchev–Trinajstić information content (AvgIpc) is 2.38. The lowest BCUT2D eigenvalue weighted by atomic mass is 9.81. The van der Waals surface area contributed by atoms with Gasteiger partial charge in [-0.3, -0.25) is 4.90 Å². The van der Waals surface area contributed by atoms with Gasteiger partial charge in [0.25, 0.3) is 0 Å². The molecule has 114 valence electrons. The molecule has 0 aliphatic carbocycles. The van der Waals surface area contributed by atoms with Crippen molar-refractivity contribution >= 4 is 0 Å². The number of likely N-dealkylation sites (tertiary alicyclic amines) is 1. The minimum Gasteiger partial charge on any atom is -0.329 e. The molecule has 19 heavy (non-hydrogen) atoms. The van der Waals surface area contributed by atoms with E-state index in [1.165, 1.54) is 38.9 Å². The van der Waals surface area contributed by atoms with Crippen molar-refractivity contribution in [2.24, 2.45) is 11.7 Å². The Bertz CT molecular complexity index is 265. The molecule has 1 aliphatic rings. The van der Waals surface area contributed by atoms with Crippen molar-refractivity contribution in [2.45, 2.75) is 65.0 Å². The molecule has 1 rings (SSSR count). The smallest absolute Gasteiger partial charge is 0.0358 e. The lowest BCUT2D eigenvalue weighted by molar-refractivity contribution is -0.0208. The molecule has 0 unspecified atom stereocenters. The molecule has 0 atom stereocenters. The zero-order valence-electron chi connectivity index (χ0n) is 14.0. The first-order valence-corrected chi connectivity index (χ1v) is 7.94. The van der Waals surface area contributed by atoms with E-state index in [4.69, 9.17) is 5.73 Å². The van der Waals surface area contributed by atoms with E-state index < -0.39 is 0 Å². The van der Waals surface area contributed by atoms with E-state index in [2.05, 4.69) is 51.5 Å². The Morgan fingerprint density at radius 3 is 2.16 bits per heavy atom. The van der Waals surface area contributed by atoms with E-state index in [9.17, 15) is 0 Å². The maximum Gasteiger partial charge on any atom is 0.0358 e. The van der Waals surface area contributed by atoms with Gasteiger partial charge >= 0.3 is 0 Å². The summed E-state index contributed by atoms with van der Waals surface area (Å²) in [6.07, 6.45) is 3.58. The van der Waals surface area contributed by atoms with Crippen LogP contribution in [0.25, 0.3) is 0 Å². The fourth-order valence-corrected chi connectivity index (χ4v) is 3.22. The summed E-state index contributed by atoms with van der Waals surface area (Å²) in [6.45, 7) is 15.9. The van der Waals surface area contributed by atoms with Crippen LogP contribution < -0.4 is 5.73 Å². The van der Waals surface area contributed by atoms with Gasteiger partial charge in [-0.15, -0.1) is 0 Å². The van der Waals surface area contributed by atoms with Gasteiger partial charge in [-0.1, -0.05) is 20.8 Å². The zero-order chi connectivity index (χ0) is 14.7. The second-order valence-corrected chi connectivity index (χ2v) is 7.35. The fraction of sp³-hybridized carbons (Fsp3) is 1.00. The van der Waals surface area contributed by atoms with Crippen LogP contribution in [0.4, 0.5) is 0 Å². The van der Waals surface area contributed by atoms with Gasteiger partial charge in [0.05, 0.1) is 0 Å². The molecule has 2 N–H and O–H groups in total. The molecule has 0 spiro atoms. The first kappa shape index (κ1) is 16.9. The Balaban J connectivity index is 2.70. The highest BCUT2D eigenvalue weighted by atomic mass is 15.3. The topological polar surface area (TPSA) is 32.5 Å². The summed E-state index contributed by atoms with van der Waals surface area (Å²) in [5.74, 6) is 0.759. The van der Waals surface area contributed by atoms with Crippen molar-refractivity contribution in [1.29, 1.82) is 0 Å². The number of hydrogen-bond acceptors (Lipinski definition) is 3. The molecule has 3 heteroatoms. The van der Waals surface area contributed by atoms with Crippen molar-refractivity contribution in [3.05, 3.63) is 0 Å². The number of nitrogens with zero attached hydrogens (tertiary/aromatic N) is 2. The summed E-state index contributed by atoms with van der Waals surface area (Å²) in [5, 5.41) is 0. The van der Waals surface area contributed by atoms with Crippen molar-refractivity contribution in [2.75, 3.05) is 33.2 Å². The van der Waals surface area contributed by atoms with E-state index in [-0.39, 0.29) is 11.1 Å². The number of likely N-dealkylation sites (N-methyl/N-ethyl adjacent to an activating group) is 1. The van der Waals surface area contributed by atoms with Crippen LogP contribution in [0.2, 0.25) is 0 Å². The molecule has 1 fully saturated rings. The summed E-state index contributed by atoms with van der Waals surface area (Å²) in [4.78, 5) is 5.16. The molecule has 3 nitrogen and oxygen atoms in total. The van der Waals surface area contributed by atoms with E-state index >= 15 is 0 Å².